The van der Waals surface area contributed by atoms with E-state index in [2.05, 4.69) is 22.2 Å². The standard InChI is InChI=1S/C16H21N3/c1-12-6-8-13(9-7-12)10-18-16-11-17-14-4-2-3-5-15(14)19-16/h2-5,11-13H,6-10H2,1H3,(H,18,19). The normalized spacial score (nSPS) is 23.4. The van der Waals surface area contributed by atoms with Crippen LogP contribution in [0.4, 0.5) is 5.82 Å². The lowest BCUT2D eigenvalue weighted by Crippen LogP contribution is -2.20. The van der Waals surface area contributed by atoms with E-state index in [0.717, 1.165) is 35.2 Å². The van der Waals surface area contributed by atoms with Crippen molar-refractivity contribution in [3.05, 3.63) is 30.5 Å². The summed E-state index contributed by atoms with van der Waals surface area (Å²) in [4.78, 5) is 9.03. The molecule has 0 aliphatic heterocycles. The highest BCUT2D eigenvalue weighted by Gasteiger charge is 2.17. The predicted octanol–water partition coefficient (Wildman–Crippen LogP) is 3.87. The van der Waals surface area contributed by atoms with Gasteiger partial charge in [-0.1, -0.05) is 31.9 Å². The Hall–Kier alpha value is -1.64. The first-order valence-electron chi connectivity index (χ1n) is 7.27. The first-order valence-corrected chi connectivity index (χ1v) is 7.27. The van der Waals surface area contributed by atoms with Gasteiger partial charge in [-0.2, -0.15) is 0 Å². The van der Waals surface area contributed by atoms with Crippen molar-refractivity contribution in [3.8, 4) is 0 Å². The van der Waals surface area contributed by atoms with Crippen molar-refractivity contribution < 1.29 is 0 Å². The van der Waals surface area contributed by atoms with Crippen LogP contribution in [0.1, 0.15) is 32.6 Å². The van der Waals surface area contributed by atoms with Crippen LogP contribution in [-0.2, 0) is 0 Å². The number of hydrogen-bond donors (Lipinski definition) is 1. The van der Waals surface area contributed by atoms with Crippen LogP contribution in [0.5, 0.6) is 0 Å². The van der Waals surface area contributed by atoms with Crippen LogP contribution in [0.25, 0.3) is 11.0 Å². The molecule has 2 aromatic rings. The molecule has 100 valence electrons. The van der Waals surface area contributed by atoms with Gasteiger partial charge in [0.1, 0.15) is 5.82 Å². The van der Waals surface area contributed by atoms with E-state index in [-0.39, 0.29) is 0 Å². The first-order chi connectivity index (χ1) is 9.31. The number of benzene rings is 1. The molecule has 0 spiro atoms. The van der Waals surface area contributed by atoms with Crippen LogP contribution in [0.3, 0.4) is 0 Å². The maximum Gasteiger partial charge on any atom is 0.145 e. The summed E-state index contributed by atoms with van der Waals surface area (Å²) in [6.45, 7) is 3.39. The molecule has 1 saturated carbocycles. The number of para-hydroxylation sites is 2. The van der Waals surface area contributed by atoms with Crippen LogP contribution in [-0.4, -0.2) is 16.5 Å². The van der Waals surface area contributed by atoms with Crippen molar-refractivity contribution in [1.82, 2.24) is 9.97 Å². The Morgan fingerprint density at radius 3 is 2.63 bits per heavy atom. The molecule has 1 fully saturated rings. The average Bonchev–Trinajstić information content (AvgIpc) is 2.46. The lowest BCUT2D eigenvalue weighted by atomic mass is 9.83. The Balaban J connectivity index is 1.62. The third-order valence-electron chi connectivity index (χ3n) is 4.16. The molecule has 0 unspecified atom stereocenters. The monoisotopic (exact) mass is 255 g/mol. The maximum atomic E-state index is 4.60. The molecule has 0 amide bonds. The molecule has 0 atom stereocenters. The molecule has 1 aromatic heterocycles. The van der Waals surface area contributed by atoms with Crippen molar-refractivity contribution >= 4 is 16.9 Å². The van der Waals surface area contributed by atoms with E-state index >= 15 is 0 Å². The number of anilines is 1. The second-order valence-corrected chi connectivity index (χ2v) is 5.75. The lowest BCUT2D eigenvalue weighted by molar-refractivity contribution is 0.300. The molecule has 1 heterocycles. The van der Waals surface area contributed by atoms with E-state index in [0.29, 0.717) is 0 Å². The summed E-state index contributed by atoms with van der Waals surface area (Å²) in [7, 11) is 0. The van der Waals surface area contributed by atoms with Gasteiger partial charge >= 0.3 is 0 Å². The molecule has 1 aliphatic carbocycles. The summed E-state index contributed by atoms with van der Waals surface area (Å²) >= 11 is 0. The largest absolute Gasteiger partial charge is 0.368 e. The summed E-state index contributed by atoms with van der Waals surface area (Å²) in [5.74, 6) is 2.61. The smallest absolute Gasteiger partial charge is 0.145 e. The van der Waals surface area contributed by atoms with E-state index in [4.69, 9.17) is 0 Å². The van der Waals surface area contributed by atoms with E-state index < -0.39 is 0 Å². The van der Waals surface area contributed by atoms with Gasteiger partial charge in [0, 0.05) is 6.54 Å². The SMILES string of the molecule is CC1CCC(CNc2cnc3ccccc3n2)CC1. The molecule has 3 nitrogen and oxygen atoms in total. The fraction of sp³-hybridized carbons (Fsp3) is 0.500. The summed E-state index contributed by atoms with van der Waals surface area (Å²) in [6, 6.07) is 8.00. The van der Waals surface area contributed by atoms with Gasteiger partial charge in [0.2, 0.25) is 0 Å². The Kier molecular flexibility index (Phi) is 3.62. The molecule has 0 saturated heterocycles. The Labute approximate surface area is 114 Å². The number of fused-ring (bicyclic) bond motifs is 1. The van der Waals surface area contributed by atoms with E-state index in [1.165, 1.54) is 25.7 Å². The summed E-state index contributed by atoms with van der Waals surface area (Å²) < 4.78 is 0. The highest BCUT2D eigenvalue weighted by Crippen LogP contribution is 2.28. The quantitative estimate of drug-likeness (QED) is 0.904. The van der Waals surface area contributed by atoms with Crippen LogP contribution < -0.4 is 5.32 Å². The minimum atomic E-state index is 0.796. The van der Waals surface area contributed by atoms with Crippen molar-refractivity contribution in [2.24, 2.45) is 11.8 Å². The van der Waals surface area contributed by atoms with Gasteiger partial charge in [0.25, 0.3) is 0 Å². The Bertz CT molecular complexity index is 544. The molecule has 19 heavy (non-hydrogen) atoms. The molecule has 1 N–H and O–H groups in total. The number of rotatable bonds is 3. The molecule has 3 heteroatoms. The van der Waals surface area contributed by atoms with Gasteiger partial charge in [-0.15, -0.1) is 0 Å². The fourth-order valence-corrected chi connectivity index (χ4v) is 2.82. The second-order valence-electron chi connectivity index (χ2n) is 5.75. The zero-order chi connectivity index (χ0) is 13.1. The minimum absolute atomic E-state index is 0.796. The summed E-state index contributed by atoms with van der Waals surface area (Å²) in [5.41, 5.74) is 1.92. The molecule has 1 aromatic carbocycles. The van der Waals surface area contributed by atoms with Gasteiger partial charge in [-0.25, -0.2) is 4.98 Å². The van der Waals surface area contributed by atoms with Crippen LogP contribution in [0.2, 0.25) is 0 Å². The van der Waals surface area contributed by atoms with Crippen molar-refractivity contribution in [1.29, 1.82) is 0 Å². The summed E-state index contributed by atoms with van der Waals surface area (Å²) in [6.07, 6.45) is 7.27. The zero-order valence-electron chi connectivity index (χ0n) is 11.5. The van der Waals surface area contributed by atoms with Crippen LogP contribution >= 0.6 is 0 Å². The van der Waals surface area contributed by atoms with Crippen molar-refractivity contribution in [2.45, 2.75) is 32.6 Å². The highest BCUT2D eigenvalue weighted by molar-refractivity contribution is 5.75. The highest BCUT2D eigenvalue weighted by atomic mass is 15.0. The first kappa shape index (κ1) is 12.4. The van der Waals surface area contributed by atoms with Crippen LogP contribution in [0.15, 0.2) is 30.5 Å². The molecule has 0 bridgehead atoms. The van der Waals surface area contributed by atoms with E-state index in [9.17, 15) is 0 Å². The molecular weight excluding hydrogens is 234 g/mol. The van der Waals surface area contributed by atoms with Gasteiger partial charge in [0.15, 0.2) is 0 Å². The minimum Gasteiger partial charge on any atom is -0.368 e. The topological polar surface area (TPSA) is 37.8 Å². The molecule has 1 aliphatic rings. The predicted molar refractivity (Wildman–Crippen MR) is 79.1 cm³/mol. The third-order valence-corrected chi connectivity index (χ3v) is 4.16. The van der Waals surface area contributed by atoms with E-state index in [1.807, 2.05) is 30.5 Å². The summed E-state index contributed by atoms with van der Waals surface area (Å²) in [5, 5.41) is 3.45. The van der Waals surface area contributed by atoms with Gasteiger partial charge < -0.3 is 5.32 Å². The van der Waals surface area contributed by atoms with Crippen molar-refractivity contribution in [2.75, 3.05) is 11.9 Å². The van der Waals surface area contributed by atoms with Crippen molar-refractivity contribution in [3.63, 3.8) is 0 Å². The lowest BCUT2D eigenvalue weighted by Gasteiger charge is -2.26. The van der Waals surface area contributed by atoms with Crippen LogP contribution in [0, 0.1) is 11.8 Å². The Morgan fingerprint density at radius 2 is 1.84 bits per heavy atom. The molecule has 0 radical (unpaired) electrons. The fourth-order valence-electron chi connectivity index (χ4n) is 2.82. The zero-order valence-corrected chi connectivity index (χ0v) is 11.5. The number of aromatic nitrogens is 2. The van der Waals surface area contributed by atoms with E-state index in [1.54, 1.807) is 0 Å². The number of nitrogens with zero attached hydrogens (tertiary/aromatic N) is 2. The van der Waals surface area contributed by atoms with Gasteiger partial charge in [-0.05, 0) is 36.8 Å². The maximum absolute atomic E-state index is 4.60. The third kappa shape index (κ3) is 3.03. The Morgan fingerprint density at radius 1 is 1.11 bits per heavy atom. The average molecular weight is 255 g/mol. The number of hydrogen-bond acceptors (Lipinski definition) is 3. The molecular formula is C16H21N3. The second kappa shape index (κ2) is 5.55. The van der Waals surface area contributed by atoms with Gasteiger partial charge in [-0.3, -0.25) is 4.98 Å². The molecule has 3 rings (SSSR count). The van der Waals surface area contributed by atoms with Gasteiger partial charge in [0.05, 0.1) is 17.2 Å². The number of nitrogens with one attached hydrogen (secondary N) is 1.